The molecule has 0 aromatic heterocycles. The molecule has 2 unspecified atom stereocenters. The first-order valence-electron chi connectivity index (χ1n) is 9.00. The second-order valence-electron chi connectivity index (χ2n) is 7.07. The number of fused-ring (bicyclic) bond motifs is 3. The summed E-state index contributed by atoms with van der Waals surface area (Å²) in [5.74, 6) is 0.587. The Morgan fingerprint density at radius 2 is 1.89 bits per heavy atom. The molecule has 6 heteroatoms. The van der Waals surface area contributed by atoms with Gasteiger partial charge in [-0.25, -0.2) is 4.79 Å². The molecule has 2 atom stereocenters. The van der Waals surface area contributed by atoms with Crippen LogP contribution in [0.15, 0.2) is 54.6 Å². The summed E-state index contributed by atoms with van der Waals surface area (Å²) in [6.07, 6.45) is -1.41. The highest BCUT2D eigenvalue weighted by Gasteiger charge is 2.59. The average molecular weight is 383 g/mol. The van der Waals surface area contributed by atoms with Crippen LogP contribution in [0.2, 0.25) is 0 Å². The molecule has 0 saturated carbocycles. The van der Waals surface area contributed by atoms with Crippen LogP contribution in [0.3, 0.4) is 0 Å². The zero-order valence-electron chi connectivity index (χ0n) is 15.3. The zero-order chi connectivity index (χ0) is 19.0. The molecule has 0 aliphatic carbocycles. The van der Waals surface area contributed by atoms with Crippen LogP contribution in [0.4, 0.5) is 4.79 Å². The van der Waals surface area contributed by atoms with Gasteiger partial charge in [-0.3, -0.25) is 9.69 Å². The lowest BCUT2D eigenvalue weighted by molar-refractivity contribution is -0.0330. The molecule has 0 bridgehead atoms. The molecule has 2 heterocycles. The molecule has 2 aromatic rings. The minimum atomic E-state index is -0.734. The third-order valence-electron chi connectivity index (χ3n) is 4.74. The molecule has 4 rings (SSSR count). The van der Waals surface area contributed by atoms with Crippen LogP contribution in [-0.4, -0.2) is 35.6 Å². The molecular formula is C21H21NO4S. The summed E-state index contributed by atoms with van der Waals surface area (Å²) in [6, 6.07) is 17.5. The lowest BCUT2D eigenvalue weighted by Crippen LogP contribution is -2.45. The predicted octanol–water partition coefficient (Wildman–Crippen LogP) is 4.23. The van der Waals surface area contributed by atoms with Gasteiger partial charge >= 0.3 is 6.16 Å². The summed E-state index contributed by atoms with van der Waals surface area (Å²) in [5, 5.41) is 0. The topological polar surface area (TPSA) is 55.8 Å². The van der Waals surface area contributed by atoms with Crippen LogP contribution in [0.5, 0.6) is 0 Å². The Balaban J connectivity index is 1.70. The van der Waals surface area contributed by atoms with Crippen molar-refractivity contribution in [1.29, 1.82) is 0 Å². The van der Waals surface area contributed by atoms with Crippen LogP contribution < -0.4 is 0 Å². The highest BCUT2D eigenvalue weighted by atomic mass is 32.2. The maximum Gasteiger partial charge on any atom is 0.510 e. The highest BCUT2D eigenvalue weighted by Crippen LogP contribution is 2.57. The van der Waals surface area contributed by atoms with Gasteiger partial charge in [-0.05, 0) is 17.5 Å². The standard InChI is InChI=1S/C21H21NO4S/c1-14(2)12-25-20(24)26-18-13-27-21(15-8-4-3-5-9-15)17-11-7-6-10-16(17)19(23)22(18)21/h3-11,14,18H,12-13H2,1-2H3. The van der Waals surface area contributed by atoms with Gasteiger partial charge in [-0.15, -0.1) is 11.8 Å². The summed E-state index contributed by atoms with van der Waals surface area (Å²) in [5.41, 5.74) is 2.58. The molecule has 0 radical (unpaired) electrons. The molecule has 0 N–H and O–H groups in total. The number of amides is 1. The van der Waals surface area contributed by atoms with Crippen molar-refractivity contribution < 1.29 is 19.1 Å². The summed E-state index contributed by atoms with van der Waals surface area (Å²) in [4.78, 5) is 26.3. The number of carbonyl (C=O) groups excluding carboxylic acids is 2. The monoisotopic (exact) mass is 383 g/mol. The van der Waals surface area contributed by atoms with Crippen LogP contribution >= 0.6 is 11.8 Å². The molecule has 27 heavy (non-hydrogen) atoms. The van der Waals surface area contributed by atoms with E-state index in [1.807, 2.05) is 68.4 Å². The van der Waals surface area contributed by atoms with Gasteiger partial charge < -0.3 is 9.47 Å². The Bertz CT molecular complexity index is 869. The molecule has 0 spiro atoms. The highest BCUT2D eigenvalue weighted by molar-refractivity contribution is 8.00. The molecule has 2 aromatic carbocycles. The summed E-state index contributed by atoms with van der Waals surface area (Å²) < 4.78 is 10.7. The van der Waals surface area contributed by atoms with E-state index >= 15 is 0 Å². The fraction of sp³-hybridized carbons (Fsp3) is 0.333. The van der Waals surface area contributed by atoms with E-state index in [1.165, 1.54) is 0 Å². The van der Waals surface area contributed by atoms with Crippen molar-refractivity contribution in [3.8, 4) is 0 Å². The van der Waals surface area contributed by atoms with Crippen molar-refractivity contribution in [2.75, 3.05) is 12.4 Å². The molecule has 2 aliphatic heterocycles. The van der Waals surface area contributed by atoms with Gasteiger partial charge in [-0.2, -0.15) is 0 Å². The van der Waals surface area contributed by atoms with Gasteiger partial charge in [0.25, 0.3) is 5.91 Å². The Morgan fingerprint density at radius 1 is 1.19 bits per heavy atom. The van der Waals surface area contributed by atoms with Crippen molar-refractivity contribution in [2.24, 2.45) is 5.92 Å². The number of hydrogen-bond donors (Lipinski definition) is 0. The van der Waals surface area contributed by atoms with Crippen molar-refractivity contribution in [3.63, 3.8) is 0 Å². The Hall–Kier alpha value is -2.47. The number of thioether (sulfide) groups is 1. The van der Waals surface area contributed by atoms with Crippen LogP contribution in [0.1, 0.15) is 35.3 Å². The fourth-order valence-corrected chi connectivity index (χ4v) is 5.20. The molecule has 1 saturated heterocycles. The van der Waals surface area contributed by atoms with Gasteiger partial charge in [0.2, 0.25) is 0 Å². The van der Waals surface area contributed by atoms with Gasteiger partial charge in [0.1, 0.15) is 4.87 Å². The SMILES string of the molecule is CC(C)COC(=O)OC1CSC2(c3ccccc3)c3ccccc3C(=O)N12. The Labute approximate surface area is 162 Å². The second-order valence-corrected chi connectivity index (χ2v) is 8.28. The van der Waals surface area contributed by atoms with Crippen molar-refractivity contribution in [2.45, 2.75) is 24.9 Å². The molecule has 1 amide bonds. The number of benzene rings is 2. The number of rotatable bonds is 4. The third kappa shape index (κ3) is 2.88. The maximum absolute atomic E-state index is 13.2. The Kier molecular flexibility index (Phi) is 4.60. The molecule has 2 aliphatic rings. The van der Waals surface area contributed by atoms with Crippen LogP contribution in [-0.2, 0) is 14.3 Å². The van der Waals surface area contributed by atoms with Crippen LogP contribution in [0.25, 0.3) is 0 Å². The third-order valence-corrected chi connectivity index (χ3v) is 6.26. The van der Waals surface area contributed by atoms with Crippen molar-refractivity contribution in [1.82, 2.24) is 4.90 Å². The number of nitrogens with zero attached hydrogens (tertiary/aromatic N) is 1. The van der Waals surface area contributed by atoms with E-state index < -0.39 is 17.3 Å². The van der Waals surface area contributed by atoms with Crippen molar-refractivity contribution >= 4 is 23.8 Å². The van der Waals surface area contributed by atoms with Gasteiger partial charge in [0.05, 0.1) is 12.4 Å². The maximum atomic E-state index is 13.2. The molecule has 5 nitrogen and oxygen atoms in total. The van der Waals surface area contributed by atoms with E-state index in [0.29, 0.717) is 11.3 Å². The lowest BCUT2D eigenvalue weighted by atomic mass is 9.97. The van der Waals surface area contributed by atoms with E-state index in [1.54, 1.807) is 16.7 Å². The summed E-state index contributed by atoms with van der Waals surface area (Å²) in [7, 11) is 0. The average Bonchev–Trinajstić information content (AvgIpc) is 3.17. The zero-order valence-corrected chi connectivity index (χ0v) is 16.1. The normalized spacial score (nSPS) is 23.3. The fourth-order valence-electron chi connectivity index (χ4n) is 3.62. The minimum absolute atomic E-state index is 0.124. The molecule has 140 valence electrons. The van der Waals surface area contributed by atoms with E-state index in [9.17, 15) is 9.59 Å². The largest absolute Gasteiger partial charge is 0.510 e. The Morgan fingerprint density at radius 3 is 2.63 bits per heavy atom. The summed E-state index contributed by atoms with van der Waals surface area (Å²) >= 11 is 1.61. The quantitative estimate of drug-likeness (QED) is 0.740. The van der Waals surface area contributed by atoms with Gasteiger partial charge in [-0.1, -0.05) is 62.4 Å². The number of hydrogen-bond acceptors (Lipinski definition) is 5. The second kappa shape index (κ2) is 6.93. The van der Waals surface area contributed by atoms with E-state index in [2.05, 4.69) is 0 Å². The van der Waals surface area contributed by atoms with Gasteiger partial charge in [0.15, 0.2) is 6.23 Å². The van der Waals surface area contributed by atoms with Crippen molar-refractivity contribution in [3.05, 3.63) is 71.3 Å². The van der Waals surface area contributed by atoms with E-state index in [4.69, 9.17) is 9.47 Å². The first-order chi connectivity index (χ1) is 13.0. The smallest absolute Gasteiger partial charge is 0.434 e. The first-order valence-corrected chi connectivity index (χ1v) is 9.98. The number of ether oxygens (including phenoxy) is 2. The first kappa shape index (κ1) is 17.9. The number of carbonyl (C=O) groups is 2. The van der Waals surface area contributed by atoms with E-state index in [0.717, 1.165) is 11.1 Å². The molecular weight excluding hydrogens is 362 g/mol. The molecule has 1 fully saturated rings. The van der Waals surface area contributed by atoms with Crippen LogP contribution in [0, 0.1) is 5.92 Å². The summed E-state index contributed by atoms with van der Waals surface area (Å²) in [6.45, 7) is 4.20. The van der Waals surface area contributed by atoms with Gasteiger partial charge in [0, 0.05) is 11.1 Å². The van der Waals surface area contributed by atoms with E-state index in [-0.39, 0.29) is 18.4 Å². The lowest BCUT2D eigenvalue weighted by Gasteiger charge is -2.34. The predicted molar refractivity (Wildman–Crippen MR) is 103 cm³/mol. The minimum Gasteiger partial charge on any atom is -0.434 e.